The van der Waals surface area contributed by atoms with E-state index in [9.17, 15) is 14.4 Å². The first-order valence-corrected chi connectivity index (χ1v) is 7.02. The maximum atomic E-state index is 11.9. The van der Waals surface area contributed by atoms with Gasteiger partial charge in [0.15, 0.2) is 6.61 Å². The fourth-order valence-electron chi connectivity index (χ4n) is 1.78. The number of nitrogens with zero attached hydrogens (tertiary/aromatic N) is 1. The highest BCUT2D eigenvalue weighted by atomic mass is 16.5. The Labute approximate surface area is 135 Å². The Morgan fingerprint density at radius 1 is 1.13 bits per heavy atom. The van der Waals surface area contributed by atoms with E-state index >= 15 is 0 Å². The lowest BCUT2D eigenvalue weighted by Crippen LogP contribution is -2.35. The van der Waals surface area contributed by atoms with E-state index in [0.717, 1.165) is 0 Å². The number of rotatable bonds is 8. The monoisotopic (exact) mass is 316 g/mol. The van der Waals surface area contributed by atoms with Gasteiger partial charge < -0.3 is 15.0 Å². The van der Waals surface area contributed by atoms with E-state index in [4.69, 9.17) is 4.74 Å². The van der Waals surface area contributed by atoms with Crippen LogP contribution < -0.4 is 5.32 Å². The Morgan fingerprint density at radius 3 is 2.17 bits per heavy atom. The van der Waals surface area contributed by atoms with Gasteiger partial charge in [-0.1, -0.05) is 12.2 Å². The van der Waals surface area contributed by atoms with Crippen molar-refractivity contribution < 1.29 is 19.1 Å². The van der Waals surface area contributed by atoms with Crippen molar-refractivity contribution in [1.82, 2.24) is 4.90 Å². The van der Waals surface area contributed by atoms with Gasteiger partial charge in [-0.15, -0.1) is 13.2 Å². The lowest BCUT2D eigenvalue weighted by atomic mass is 10.2. The number of esters is 1. The highest BCUT2D eigenvalue weighted by Crippen LogP contribution is 2.10. The van der Waals surface area contributed by atoms with Crippen LogP contribution in [0, 0.1) is 0 Å². The minimum atomic E-state index is -0.607. The molecule has 0 aromatic heterocycles. The van der Waals surface area contributed by atoms with E-state index in [2.05, 4.69) is 18.5 Å². The first-order valence-electron chi connectivity index (χ1n) is 7.02. The van der Waals surface area contributed by atoms with Crippen LogP contribution in [0.3, 0.4) is 0 Å². The minimum Gasteiger partial charge on any atom is -0.452 e. The SMILES string of the molecule is C=CCN(CC=C)C(=O)COC(=O)c1ccc(NC(C)=O)cc1. The molecule has 1 aromatic carbocycles. The minimum absolute atomic E-state index is 0.199. The summed E-state index contributed by atoms with van der Waals surface area (Å²) in [6, 6.07) is 6.20. The van der Waals surface area contributed by atoms with Crippen LogP contribution in [0.2, 0.25) is 0 Å². The Balaban J connectivity index is 2.58. The van der Waals surface area contributed by atoms with E-state index in [1.807, 2.05) is 0 Å². The zero-order chi connectivity index (χ0) is 17.2. The molecule has 0 atom stereocenters. The second-order valence-corrected chi connectivity index (χ2v) is 4.71. The predicted molar refractivity (Wildman–Crippen MR) is 88.0 cm³/mol. The number of hydrogen-bond acceptors (Lipinski definition) is 4. The summed E-state index contributed by atoms with van der Waals surface area (Å²) in [5, 5.41) is 2.59. The molecule has 6 nitrogen and oxygen atoms in total. The second kappa shape index (κ2) is 9.19. The molecule has 1 rings (SSSR count). The normalized spacial score (nSPS) is 9.61. The summed E-state index contributed by atoms with van der Waals surface area (Å²) in [7, 11) is 0. The second-order valence-electron chi connectivity index (χ2n) is 4.71. The number of amides is 2. The molecule has 0 bridgehead atoms. The Bertz CT molecular complexity index is 583. The average Bonchev–Trinajstić information content (AvgIpc) is 2.52. The van der Waals surface area contributed by atoms with Crippen LogP contribution in [0.4, 0.5) is 5.69 Å². The highest BCUT2D eigenvalue weighted by Gasteiger charge is 2.14. The van der Waals surface area contributed by atoms with Gasteiger partial charge in [0.25, 0.3) is 5.91 Å². The molecule has 1 aromatic rings. The molecule has 0 aliphatic rings. The van der Waals surface area contributed by atoms with Crippen molar-refractivity contribution in [2.75, 3.05) is 25.0 Å². The maximum absolute atomic E-state index is 11.9. The lowest BCUT2D eigenvalue weighted by molar-refractivity contribution is -0.133. The molecule has 0 spiro atoms. The molecule has 23 heavy (non-hydrogen) atoms. The lowest BCUT2D eigenvalue weighted by Gasteiger charge is -2.18. The Hall–Kier alpha value is -2.89. The van der Waals surface area contributed by atoms with Gasteiger partial charge in [0.2, 0.25) is 5.91 Å². The summed E-state index contributed by atoms with van der Waals surface area (Å²) in [5.74, 6) is -1.13. The van der Waals surface area contributed by atoms with E-state index < -0.39 is 5.97 Å². The van der Waals surface area contributed by atoms with Crippen molar-refractivity contribution in [3.05, 3.63) is 55.1 Å². The van der Waals surface area contributed by atoms with Crippen LogP contribution in [0.5, 0.6) is 0 Å². The van der Waals surface area contributed by atoms with Gasteiger partial charge in [-0.2, -0.15) is 0 Å². The Kier molecular flexibility index (Phi) is 7.26. The molecule has 0 saturated carbocycles. The van der Waals surface area contributed by atoms with E-state index in [-0.39, 0.29) is 18.4 Å². The van der Waals surface area contributed by atoms with E-state index in [0.29, 0.717) is 24.3 Å². The topological polar surface area (TPSA) is 75.7 Å². The fourth-order valence-corrected chi connectivity index (χ4v) is 1.78. The Morgan fingerprint density at radius 2 is 1.70 bits per heavy atom. The van der Waals surface area contributed by atoms with Crippen molar-refractivity contribution in [2.45, 2.75) is 6.92 Å². The van der Waals surface area contributed by atoms with Gasteiger partial charge in [0.05, 0.1) is 5.56 Å². The third-order valence-electron chi connectivity index (χ3n) is 2.82. The van der Waals surface area contributed by atoms with Gasteiger partial charge >= 0.3 is 5.97 Å². The number of anilines is 1. The molecule has 0 saturated heterocycles. The quantitative estimate of drug-likeness (QED) is 0.588. The molecule has 0 heterocycles. The first-order chi connectivity index (χ1) is 11.0. The van der Waals surface area contributed by atoms with Crippen LogP contribution in [0.25, 0.3) is 0 Å². The standard InChI is InChI=1S/C17H20N2O4/c1-4-10-19(11-5-2)16(21)12-23-17(22)14-6-8-15(9-7-14)18-13(3)20/h4-9H,1-2,10-12H2,3H3,(H,18,20). The van der Waals surface area contributed by atoms with Gasteiger partial charge in [-0.05, 0) is 24.3 Å². The summed E-state index contributed by atoms with van der Waals surface area (Å²) < 4.78 is 5.00. The van der Waals surface area contributed by atoms with Gasteiger partial charge in [-0.25, -0.2) is 4.79 Å². The molecular weight excluding hydrogens is 296 g/mol. The molecule has 6 heteroatoms. The number of benzene rings is 1. The van der Waals surface area contributed by atoms with Gasteiger partial charge in [-0.3, -0.25) is 9.59 Å². The number of carbonyl (C=O) groups is 3. The van der Waals surface area contributed by atoms with Crippen LogP contribution >= 0.6 is 0 Å². The zero-order valence-electron chi connectivity index (χ0n) is 13.1. The third kappa shape index (κ3) is 6.17. The smallest absolute Gasteiger partial charge is 0.338 e. The molecule has 0 aliphatic heterocycles. The molecule has 122 valence electrons. The van der Waals surface area contributed by atoms with Crippen LogP contribution in [-0.4, -0.2) is 42.4 Å². The summed E-state index contributed by atoms with van der Waals surface area (Å²) in [6.45, 7) is 8.89. The van der Waals surface area contributed by atoms with Crippen molar-refractivity contribution in [1.29, 1.82) is 0 Å². The fraction of sp³-hybridized carbons (Fsp3) is 0.235. The highest BCUT2D eigenvalue weighted by molar-refractivity contribution is 5.93. The van der Waals surface area contributed by atoms with Gasteiger partial charge in [0.1, 0.15) is 0 Å². The van der Waals surface area contributed by atoms with E-state index in [1.165, 1.54) is 24.0 Å². The maximum Gasteiger partial charge on any atom is 0.338 e. The molecule has 0 unspecified atom stereocenters. The first kappa shape index (κ1) is 18.2. The molecule has 2 amide bonds. The molecule has 0 fully saturated rings. The summed E-state index contributed by atoms with van der Waals surface area (Å²) >= 11 is 0. The van der Waals surface area contributed by atoms with Crippen molar-refractivity contribution in [3.8, 4) is 0 Å². The van der Waals surface area contributed by atoms with Crippen molar-refractivity contribution in [2.24, 2.45) is 0 Å². The van der Waals surface area contributed by atoms with Crippen LogP contribution in [0.15, 0.2) is 49.6 Å². The van der Waals surface area contributed by atoms with Crippen molar-refractivity contribution in [3.63, 3.8) is 0 Å². The molecule has 0 radical (unpaired) electrons. The zero-order valence-corrected chi connectivity index (χ0v) is 13.1. The van der Waals surface area contributed by atoms with Crippen molar-refractivity contribution >= 4 is 23.5 Å². The summed E-state index contributed by atoms with van der Waals surface area (Å²) in [6.07, 6.45) is 3.17. The number of carbonyl (C=O) groups excluding carboxylic acids is 3. The third-order valence-corrected chi connectivity index (χ3v) is 2.82. The molecular formula is C17H20N2O4. The van der Waals surface area contributed by atoms with E-state index in [1.54, 1.807) is 24.3 Å². The number of nitrogens with one attached hydrogen (secondary N) is 1. The average molecular weight is 316 g/mol. The number of ether oxygens (including phenoxy) is 1. The van der Waals surface area contributed by atoms with Gasteiger partial charge in [0, 0.05) is 25.7 Å². The van der Waals surface area contributed by atoms with Crippen LogP contribution in [0.1, 0.15) is 17.3 Å². The molecule has 0 aliphatic carbocycles. The summed E-state index contributed by atoms with van der Waals surface area (Å²) in [4.78, 5) is 36.2. The largest absolute Gasteiger partial charge is 0.452 e. The predicted octanol–water partition coefficient (Wildman–Crippen LogP) is 2.00. The number of hydrogen-bond donors (Lipinski definition) is 1. The summed E-state index contributed by atoms with van der Waals surface area (Å²) in [5.41, 5.74) is 0.874. The van der Waals surface area contributed by atoms with Crippen LogP contribution in [-0.2, 0) is 14.3 Å². The molecule has 1 N–H and O–H groups in total.